The summed E-state index contributed by atoms with van der Waals surface area (Å²) >= 11 is 11.1. The number of aromatic nitrogens is 1. The van der Waals surface area contributed by atoms with E-state index in [-0.39, 0.29) is 0 Å². The molecule has 2 rings (SSSR count). The number of rotatable bonds is 3. The molecule has 0 aliphatic heterocycles. The van der Waals surface area contributed by atoms with Crippen LogP contribution < -0.4 is 10.7 Å². The third kappa shape index (κ3) is 3.62. The second kappa shape index (κ2) is 6.45. The van der Waals surface area contributed by atoms with Crippen molar-refractivity contribution in [1.82, 2.24) is 15.7 Å². The first-order chi connectivity index (χ1) is 9.20. The lowest BCUT2D eigenvalue weighted by molar-refractivity contribution is 0.904. The minimum Gasteiger partial charge on any atom is -0.362 e. The molecule has 1 heterocycles. The number of nitrogens with one attached hydrogen (secondary N) is 2. The smallest absolute Gasteiger partial charge is 0.186 e. The average Bonchev–Trinajstić information content (AvgIpc) is 2.39. The highest BCUT2D eigenvalue weighted by Gasteiger charge is 2.02. The van der Waals surface area contributed by atoms with Crippen molar-refractivity contribution in [2.45, 2.75) is 6.92 Å². The predicted octanol–water partition coefficient (Wildman–Crippen LogP) is 2.71. The van der Waals surface area contributed by atoms with E-state index >= 15 is 0 Å². The number of hydrazone groups is 1. The number of fused-ring (bicyclic) bond motifs is 1. The van der Waals surface area contributed by atoms with Crippen molar-refractivity contribution in [1.29, 1.82) is 0 Å². The lowest BCUT2D eigenvalue weighted by Gasteiger charge is -2.04. The fourth-order valence-corrected chi connectivity index (χ4v) is 1.95. The molecule has 0 saturated carbocycles. The lowest BCUT2D eigenvalue weighted by atomic mass is 10.2. The Kier molecular flexibility index (Phi) is 4.65. The molecule has 4 nitrogen and oxygen atoms in total. The zero-order valence-electron chi connectivity index (χ0n) is 10.4. The SMILES string of the molecule is CCNC(=S)N/N=C\c1cc2ccccc2nc1Cl. The van der Waals surface area contributed by atoms with Crippen LogP contribution >= 0.6 is 23.8 Å². The maximum atomic E-state index is 6.10. The molecule has 1 aromatic heterocycles. The van der Waals surface area contributed by atoms with E-state index in [1.165, 1.54) is 0 Å². The summed E-state index contributed by atoms with van der Waals surface area (Å²) in [6.45, 7) is 2.71. The molecule has 0 radical (unpaired) electrons. The quantitative estimate of drug-likeness (QED) is 0.395. The van der Waals surface area contributed by atoms with Crippen LogP contribution in [0.2, 0.25) is 5.15 Å². The molecule has 0 aliphatic carbocycles. The number of pyridine rings is 1. The fraction of sp³-hybridized carbons (Fsp3) is 0.154. The van der Waals surface area contributed by atoms with Crippen molar-refractivity contribution >= 4 is 46.0 Å². The Labute approximate surface area is 121 Å². The number of halogens is 1. The molecule has 98 valence electrons. The van der Waals surface area contributed by atoms with Crippen molar-refractivity contribution in [3.05, 3.63) is 41.0 Å². The first kappa shape index (κ1) is 13.7. The lowest BCUT2D eigenvalue weighted by Crippen LogP contribution is -2.31. The van der Waals surface area contributed by atoms with Crippen LogP contribution in [-0.4, -0.2) is 22.9 Å². The van der Waals surface area contributed by atoms with E-state index in [0.717, 1.165) is 23.0 Å². The van der Waals surface area contributed by atoms with Crippen LogP contribution in [0.25, 0.3) is 10.9 Å². The number of thiocarbonyl (C=S) groups is 1. The third-order valence-corrected chi connectivity index (χ3v) is 2.95. The van der Waals surface area contributed by atoms with Crippen LogP contribution in [0.4, 0.5) is 0 Å². The van der Waals surface area contributed by atoms with Gasteiger partial charge in [-0.15, -0.1) is 0 Å². The van der Waals surface area contributed by atoms with Crippen molar-refractivity contribution in [2.24, 2.45) is 5.10 Å². The van der Waals surface area contributed by atoms with Gasteiger partial charge in [-0.3, -0.25) is 5.43 Å². The van der Waals surface area contributed by atoms with Gasteiger partial charge in [0.25, 0.3) is 0 Å². The zero-order chi connectivity index (χ0) is 13.7. The molecule has 0 saturated heterocycles. The van der Waals surface area contributed by atoms with E-state index in [1.807, 2.05) is 37.3 Å². The molecule has 0 unspecified atom stereocenters. The summed E-state index contributed by atoms with van der Waals surface area (Å²) in [5, 5.41) is 8.87. The van der Waals surface area contributed by atoms with Crippen molar-refractivity contribution < 1.29 is 0 Å². The zero-order valence-corrected chi connectivity index (χ0v) is 11.9. The number of benzene rings is 1. The fourth-order valence-electron chi connectivity index (χ4n) is 1.56. The molecular weight excluding hydrogens is 280 g/mol. The van der Waals surface area contributed by atoms with Gasteiger partial charge in [0.05, 0.1) is 11.7 Å². The van der Waals surface area contributed by atoms with Crippen molar-refractivity contribution in [3.8, 4) is 0 Å². The molecule has 1 aromatic carbocycles. The molecule has 2 aromatic rings. The van der Waals surface area contributed by atoms with Gasteiger partial charge in [0.2, 0.25) is 0 Å². The highest BCUT2D eigenvalue weighted by molar-refractivity contribution is 7.80. The third-order valence-electron chi connectivity index (χ3n) is 2.41. The average molecular weight is 293 g/mol. The Morgan fingerprint density at radius 1 is 1.47 bits per heavy atom. The van der Waals surface area contributed by atoms with Crippen LogP contribution in [0.1, 0.15) is 12.5 Å². The van der Waals surface area contributed by atoms with E-state index in [2.05, 4.69) is 20.8 Å². The van der Waals surface area contributed by atoms with Crippen LogP contribution in [0.3, 0.4) is 0 Å². The Bertz CT molecular complexity index is 627. The monoisotopic (exact) mass is 292 g/mol. The van der Waals surface area contributed by atoms with Gasteiger partial charge in [-0.05, 0) is 31.3 Å². The summed E-state index contributed by atoms with van der Waals surface area (Å²) in [7, 11) is 0. The summed E-state index contributed by atoms with van der Waals surface area (Å²) in [6, 6.07) is 9.72. The first-order valence-corrected chi connectivity index (χ1v) is 6.61. The van der Waals surface area contributed by atoms with E-state index in [1.54, 1.807) is 6.21 Å². The molecule has 6 heteroatoms. The van der Waals surface area contributed by atoms with E-state index in [0.29, 0.717) is 10.3 Å². The summed E-state index contributed by atoms with van der Waals surface area (Å²) in [4.78, 5) is 4.31. The molecule has 0 fully saturated rings. The number of hydrogen-bond acceptors (Lipinski definition) is 3. The van der Waals surface area contributed by atoms with Gasteiger partial charge in [-0.1, -0.05) is 29.8 Å². The predicted molar refractivity (Wildman–Crippen MR) is 83.8 cm³/mol. The molecule has 2 N–H and O–H groups in total. The van der Waals surface area contributed by atoms with Gasteiger partial charge in [-0.2, -0.15) is 5.10 Å². The van der Waals surface area contributed by atoms with Crippen LogP contribution in [0, 0.1) is 0 Å². The Morgan fingerprint density at radius 3 is 3.05 bits per heavy atom. The summed E-state index contributed by atoms with van der Waals surface area (Å²) in [5.41, 5.74) is 4.32. The maximum absolute atomic E-state index is 6.10. The second-order valence-corrected chi connectivity index (χ2v) is 4.56. The van der Waals surface area contributed by atoms with Crippen molar-refractivity contribution in [3.63, 3.8) is 0 Å². The topological polar surface area (TPSA) is 49.3 Å². The standard InChI is InChI=1S/C13H13ClN4S/c1-2-15-13(19)18-16-8-10-7-9-5-3-4-6-11(9)17-12(10)14/h3-8H,2H2,1H3,(H2,15,18,19)/b16-8-. The number of nitrogens with zero attached hydrogens (tertiary/aromatic N) is 2. The minimum absolute atomic E-state index is 0.415. The highest BCUT2D eigenvalue weighted by Crippen LogP contribution is 2.18. The minimum atomic E-state index is 0.415. The number of hydrogen-bond donors (Lipinski definition) is 2. The van der Waals surface area contributed by atoms with E-state index in [4.69, 9.17) is 23.8 Å². The van der Waals surface area contributed by atoms with Crippen molar-refractivity contribution in [2.75, 3.05) is 6.54 Å². The molecule has 0 aliphatic rings. The van der Waals surface area contributed by atoms with E-state index in [9.17, 15) is 0 Å². The molecule has 0 spiro atoms. The van der Waals surface area contributed by atoms with Crippen LogP contribution in [0.5, 0.6) is 0 Å². The highest BCUT2D eigenvalue weighted by atomic mass is 35.5. The molecular formula is C13H13ClN4S. The summed E-state index contributed by atoms with van der Waals surface area (Å²) < 4.78 is 0. The van der Waals surface area contributed by atoms with Gasteiger partial charge in [0.15, 0.2) is 5.11 Å². The normalized spacial score (nSPS) is 10.8. The van der Waals surface area contributed by atoms with Crippen LogP contribution in [0.15, 0.2) is 35.4 Å². The van der Waals surface area contributed by atoms with Crippen LogP contribution in [-0.2, 0) is 0 Å². The molecule has 0 bridgehead atoms. The Morgan fingerprint density at radius 2 is 2.26 bits per heavy atom. The van der Waals surface area contributed by atoms with Gasteiger partial charge < -0.3 is 5.32 Å². The Hall–Kier alpha value is -1.72. The largest absolute Gasteiger partial charge is 0.362 e. The summed E-state index contributed by atoms with van der Waals surface area (Å²) in [6.07, 6.45) is 1.60. The number of para-hydroxylation sites is 1. The summed E-state index contributed by atoms with van der Waals surface area (Å²) in [5.74, 6) is 0. The molecule has 0 amide bonds. The van der Waals surface area contributed by atoms with Gasteiger partial charge >= 0.3 is 0 Å². The molecule has 19 heavy (non-hydrogen) atoms. The second-order valence-electron chi connectivity index (χ2n) is 3.79. The Balaban J connectivity index is 2.18. The van der Waals surface area contributed by atoms with Gasteiger partial charge in [0.1, 0.15) is 5.15 Å². The molecule has 0 atom stereocenters. The van der Waals surface area contributed by atoms with Gasteiger partial charge in [-0.25, -0.2) is 4.98 Å². The maximum Gasteiger partial charge on any atom is 0.186 e. The van der Waals surface area contributed by atoms with Gasteiger partial charge in [0, 0.05) is 17.5 Å². The van der Waals surface area contributed by atoms with E-state index < -0.39 is 0 Å². The first-order valence-electron chi connectivity index (χ1n) is 5.83.